The summed E-state index contributed by atoms with van der Waals surface area (Å²) >= 11 is 0. The fraction of sp³-hybridized carbons (Fsp3) is 0.364. The van der Waals surface area contributed by atoms with Gasteiger partial charge in [-0.2, -0.15) is 8.42 Å². The summed E-state index contributed by atoms with van der Waals surface area (Å²) in [6.07, 6.45) is 1.34. The van der Waals surface area contributed by atoms with E-state index in [4.69, 9.17) is 4.74 Å². The van der Waals surface area contributed by atoms with E-state index in [0.29, 0.717) is 43.9 Å². The smallest absolute Gasteiger partial charge is 0.285 e. The second-order valence-corrected chi connectivity index (χ2v) is 9.27. The standard InChI is InChI=1S/C22H25N3O4S/c1-24(15-16-6-5-7-18(14-16)29-2)22(26)17-10-12-25(13-11-17)21-19-8-3-4-9-20(19)30(27,28)23-21/h3-9,14,17H,10-13,15H2,1-2H3. The number of sulfonamides is 1. The molecule has 2 aromatic rings. The Kier molecular flexibility index (Phi) is 5.51. The molecule has 0 unspecified atom stereocenters. The quantitative estimate of drug-likeness (QED) is 0.749. The molecule has 4 rings (SSSR count). The lowest BCUT2D eigenvalue weighted by Gasteiger charge is -2.34. The van der Waals surface area contributed by atoms with Crippen molar-refractivity contribution in [3.63, 3.8) is 0 Å². The van der Waals surface area contributed by atoms with Crippen molar-refractivity contribution in [3.05, 3.63) is 59.7 Å². The molecular formula is C22H25N3O4S. The van der Waals surface area contributed by atoms with Crippen molar-refractivity contribution in [3.8, 4) is 5.75 Å². The minimum Gasteiger partial charge on any atom is -0.497 e. The molecule has 8 heteroatoms. The third kappa shape index (κ3) is 3.92. The second kappa shape index (κ2) is 8.10. The first-order chi connectivity index (χ1) is 14.4. The van der Waals surface area contributed by atoms with Crippen LogP contribution in [0.3, 0.4) is 0 Å². The number of rotatable bonds is 4. The fourth-order valence-corrected chi connectivity index (χ4v) is 5.32. The van der Waals surface area contributed by atoms with Gasteiger partial charge in [0.2, 0.25) is 5.91 Å². The van der Waals surface area contributed by atoms with Gasteiger partial charge in [0.05, 0.1) is 7.11 Å². The molecule has 0 radical (unpaired) electrons. The van der Waals surface area contributed by atoms with E-state index >= 15 is 0 Å². The van der Waals surface area contributed by atoms with Crippen LogP contribution in [0.1, 0.15) is 24.0 Å². The van der Waals surface area contributed by atoms with Crippen LogP contribution in [-0.4, -0.2) is 57.2 Å². The average Bonchev–Trinajstić information content (AvgIpc) is 3.04. The van der Waals surface area contributed by atoms with Gasteiger partial charge in [0, 0.05) is 38.2 Å². The molecule has 2 heterocycles. The molecule has 30 heavy (non-hydrogen) atoms. The number of likely N-dealkylation sites (tertiary alicyclic amines) is 1. The number of amidine groups is 1. The summed E-state index contributed by atoms with van der Waals surface area (Å²) < 4.78 is 33.9. The summed E-state index contributed by atoms with van der Waals surface area (Å²) in [6, 6.07) is 14.6. The van der Waals surface area contributed by atoms with Crippen molar-refractivity contribution in [2.75, 3.05) is 27.2 Å². The van der Waals surface area contributed by atoms with Crippen LogP contribution >= 0.6 is 0 Å². The van der Waals surface area contributed by atoms with Crippen LogP contribution in [0.25, 0.3) is 0 Å². The highest BCUT2D eigenvalue weighted by atomic mass is 32.2. The normalized spacial score (nSPS) is 17.9. The van der Waals surface area contributed by atoms with Crippen LogP contribution < -0.4 is 4.74 Å². The molecule has 158 valence electrons. The zero-order valence-corrected chi connectivity index (χ0v) is 17.9. The van der Waals surface area contributed by atoms with Gasteiger partial charge in [0.15, 0.2) is 5.84 Å². The highest BCUT2D eigenvalue weighted by Crippen LogP contribution is 2.30. The van der Waals surface area contributed by atoms with Crippen molar-refractivity contribution in [1.29, 1.82) is 0 Å². The van der Waals surface area contributed by atoms with Crippen LogP contribution in [0.2, 0.25) is 0 Å². The predicted octanol–water partition coefficient (Wildman–Crippen LogP) is 2.51. The number of carbonyl (C=O) groups excluding carboxylic acids is 1. The Morgan fingerprint density at radius 3 is 2.63 bits per heavy atom. The molecule has 2 aromatic carbocycles. The summed E-state index contributed by atoms with van der Waals surface area (Å²) in [4.78, 5) is 16.9. The van der Waals surface area contributed by atoms with Gasteiger partial charge in [-0.3, -0.25) is 4.79 Å². The molecule has 0 N–H and O–H groups in total. The van der Waals surface area contributed by atoms with Gasteiger partial charge in [-0.15, -0.1) is 4.40 Å². The molecule has 0 aromatic heterocycles. The first-order valence-corrected chi connectivity index (χ1v) is 11.4. The Hall–Kier alpha value is -2.87. The molecule has 2 aliphatic rings. The van der Waals surface area contributed by atoms with Gasteiger partial charge >= 0.3 is 0 Å². The molecule has 0 aliphatic carbocycles. The van der Waals surface area contributed by atoms with E-state index in [-0.39, 0.29) is 16.7 Å². The molecule has 0 bridgehead atoms. The van der Waals surface area contributed by atoms with Crippen molar-refractivity contribution < 1.29 is 17.9 Å². The van der Waals surface area contributed by atoms with Crippen LogP contribution in [0.4, 0.5) is 0 Å². The maximum Gasteiger partial charge on any atom is 0.285 e. The Morgan fingerprint density at radius 2 is 1.90 bits per heavy atom. The monoisotopic (exact) mass is 427 g/mol. The lowest BCUT2D eigenvalue weighted by molar-refractivity contribution is -0.136. The molecule has 1 fully saturated rings. The molecule has 0 spiro atoms. The number of methoxy groups -OCH3 is 1. The van der Waals surface area contributed by atoms with Gasteiger partial charge < -0.3 is 14.5 Å². The fourth-order valence-electron chi connectivity index (χ4n) is 4.09. The average molecular weight is 428 g/mol. The Bertz CT molecular complexity index is 1090. The Morgan fingerprint density at radius 1 is 1.17 bits per heavy atom. The van der Waals surface area contributed by atoms with Crippen LogP contribution in [0.5, 0.6) is 5.75 Å². The van der Waals surface area contributed by atoms with E-state index in [1.165, 1.54) is 0 Å². The van der Waals surface area contributed by atoms with Gasteiger partial charge in [-0.25, -0.2) is 0 Å². The van der Waals surface area contributed by atoms with Crippen molar-refractivity contribution in [2.24, 2.45) is 10.3 Å². The highest BCUT2D eigenvalue weighted by molar-refractivity contribution is 7.90. The number of hydrogen-bond acceptors (Lipinski definition) is 5. The summed E-state index contributed by atoms with van der Waals surface area (Å²) in [5, 5.41) is 0. The number of nitrogens with zero attached hydrogens (tertiary/aromatic N) is 3. The van der Waals surface area contributed by atoms with E-state index in [0.717, 1.165) is 11.3 Å². The SMILES string of the molecule is COc1cccc(CN(C)C(=O)C2CCN(C3=NS(=O)(=O)c4ccccc43)CC2)c1. The maximum atomic E-state index is 12.9. The molecule has 7 nitrogen and oxygen atoms in total. The zero-order valence-electron chi connectivity index (χ0n) is 17.1. The van der Waals surface area contributed by atoms with Gasteiger partial charge in [-0.05, 0) is 42.7 Å². The zero-order chi connectivity index (χ0) is 21.3. The van der Waals surface area contributed by atoms with E-state index in [9.17, 15) is 13.2 Å². The topological polar surface area (TPSA) is 79.3 Å². The minimum absolute atomic E-state index is 0.0780. The van der Waals surface area contributed by atoms with Gasteiger partial charge in [-0.1, -0.05) is 24.3 Å². The molecule has 2 aliphatic heterocycles. The number of hydrogen-bond donors (Lipinski definition) is 0. The first kappa shape index (κ1) is 20.4. The predicted molar refractivity (Wildman–Crippen MR) is 114 cm³/mol. The van der Waals surface area contributed by atoms with Crippen LogP contribution in [0, 0.1) is 5.92 Å². The Labute approximate surface area is 177 Å². The van der Waals surface area contributed by atoms with Crippen molar-refractivity contribution >= 4 is 21.8 Å². The van der Waals surface area contributed by atoms with Crippen molar-refractivity contribution in [1.82, 2.24) is 9.80 Å². The maximum absolute atomic E-state index is 12.9. The lowest BCUT2D eigenvalue weighted by Crippen LogP contribution is -2.43. The number of fused-ring (bicyclic) bond motifs is 1. The number of amides is 1. The highest BCUT2D eigenvalue weighted by Gasteiger charge is 2.35. The lowest BCUT2D eigenvalue weighted by atomic mass is 9.94. The third-order valence-corrected chi connectivity index (χ3v) is 7.01. The number of carbonyl (C=O) groups is 1. The van der Waals surface area contributed by atoms with Crippen LogP contribution in [-0.2, 0) is 21.4 Å². The number of benzene rings is 2. The van der Waals surface area contributed by atoms with E-state index in [1.807, 2.05) is 42.3 Å². The number of piperidine rings is 1. The van der Waals surface area contributed by atoms with Gasteiger partial charge in [0.25, 0.3) is 10.0 Å². The minimum atomic E-state index is -3.63. The van der Waals surface area contributed by atoms with E-state index in [2.05, 4.69) is 4.40 Å². The third-order valence-electron chi connectivity index (χ3n) is 5.69. The summed E-state index contributed by atoms with van der Waals surface area (Å²) in [6.45, 7) is 1.73. The second-order valence-electron chi connectivity index (χ2n) is 7.69. The molecule has 1 amide bonds. The van der Waals surface area contributed by atoms with Gasteiger partial charge in [0.1, 0.15) is 10.6 Å². The summed E-state index contributed by atoms with van der Waals surface area (Å²) in [5.41, 5.74) is 1.67. The van der Waals surface area contributed by atoms with Crippen molar-refractivity contribution in [2.45, 2.75) is 24.3 Å². The number of ether oxygens (including phenoxy) is 1. The van der Waals surface area contributed by atoms with E-state index < -0.39 is 10.0 Å². The molecule has 1 saturated heterocycles. The van der Waals surface area contributed by atoms with Crippen LogP contribution in [0.15, 0.2) is 57.8 Å². The van der Waals surface area contributed by atoms with E-state index in [1.54, 1.807) is 30.2 Å². The molecular weight excluding hydrogens is 402 g/mol. The molecule has 0 saturated carbocycles. The largest absolute Gasteiger partial charge is 0.497 e. The summed E-state index contributed by atoms with van der Waals surface area (Å²) in [7, 11) is -0.184. The summed E-state index contributed by atoms with van der Waals surface area (Å²) in [5.74, 6) is 1.31. The first-order valence-electron chi connectivity index (χ1n) is 9.96. The molecule has 0 atom stereocenters. The Balaban J connectivity index is 1.39.